The molecule has 0 saturated carbocycles. The van der Waals surface area contributed by atoms with Gasteiger partial charge in [-0.2, -0.15) is 10.2 Å². The van der Waals surface area contributed by atoms with Crippen molar-refractivity contribution >= 4 is 23.6 Å². The normalized spacial score (nSPS) is 15.5. The molecule has 38 heavy (non-hydrogen) atoms. The molecule has 1 aromatic carbocycles. The fourth-order valence-electron chi connectivity index (χ4n) is 3.80. The zero-order valence-corrected chi connectivity index (χ0v) is 21.3. The first-order chi connectivity index (χ1) is 17.8. The first-order valence-electron chi connectivity index (χ1n) is 11.9. The number of halogens is 3. The second kappa shape index (κ2) is 12.0. The van der Waals surface area contributed by atoms with E-state index >= 15 is 0 Å². The monoisotopic (exact) mass is 534 g/mol. The minimum absolute atomic E-state index is 0.00568. The highest BCUT2D eigenvalue weighted by Gasteiger charge is 2.32. The van der Waals surface area contributed by atoms with E-state index in [1.165, 1.54) is 24.4 Å². The second-order valence-electron chi connectivity index (χ2n) is 9.75. The zero-order chi connectivity index (χ0) is 27.9. The molecule has 1 amide bonds. The average Bonchev–Trinajstić information content (AvgIpc) is 3.29. The highest BCUT2D eigenvalue weighted by atomic mass is 19.4. The van der Waals surface area contributed by atoms with Crippen LogP contribution in [0, 0.1) is 17.2 Å². The van der Waals surface area contributed by atoms with Gasteiger partial charge in [0.05, 0.1) is 12.7 Å². The Morgan fingerprint density at radius 3 is 2.63 bits per heavy atom. The second-order valence-corrected chi connectivity index (χ2v) is 9.75. The van der Waals surface area contributed by atoms with Gasteiger partial charge in [-0.3, -0.25) is 4.79 Å². The van der Waals surface area contributed by atoms with E-state index in [0.717, 1.165) is 0 Å². The minimum Gasteiger partial charge on any atom is -0.444 e. The number of anilines is 2. The number of hydrogen-bond donors (Lipinski definition) is 2. The predicted molar refractivity (Wildman–Crippen MR) is 131 cm³/mol. The van der Waals surface area contributed by atoms with Crippen LogP contribution in [0.3, 0.4) is 0 Å². The molecule has 0 radical (unpaired) electrons. The largest absolute Gasteiger partial charge is 0.573 e. The van der Waals surface area contributed by atoms with Crippen molar-refractivity contribution in [3.63, 3.8) is 0 Å². The maximum absolute atomic E-state index is 12.7. The number of carbonyl (C=O) groups is 2. The Balaban J connectivity index is 1.55. The molecule has 1 aromatic heterocycles. The Labute approximate surface area is 218 Å². The summed E-state index contributed by atoms with van der Waals surface area (Å²) in [6.45, 7) is 6.13. The predicted octanol–water partition coefficient (Wildman–Crippen LogP) is 4.49. The number of rotatable bonds is 9. The van der Waals surface area contributed by atoms with Crippen molar-refractivity contribution in [2.45, 2.75) is 52.1 Å². The molecule has 1 atom stereocenters. The number of ether oxygens (including phenoxy) is 2. The number of hydrogen-bond acceptors (Lipinski definition) is 9. The van der Waals surface area contributed by atoms with E-state index in [0.29, 0.717) is 19.5 Å². The molecule has 2 aromatic rings. The molecule has 0 bridgehead atoms. The zero-order valence-electron chi connectivity index (χ0n) is 21.3. The lowest BCUT2D eigenvalue weighted by atomic mass is 10.0. The summed E-state index contributed by atoms with van der Waals surface area (Å²) in [5.74, 6) is -0.336. The number of alkyl halides is 3. The van der Waals surface area contributed by atoms with E-state index in [9.17, 15) is 28.0 Å². The van der Waals surface area contributed by atoms with Crippen LogP contribution in [0.2, 0.25) is 0 Å². The molecule has 204 valence electrons. The highest BCUT2D eigenvalue weighted by Crippen LogP contribution is 2.27. The maximum atomic E-state index is 12.7. The summed E-state index contributed by atoms with van der Waals surface area (Å²) in [6.07, 6.45) is -3.08. The standard InChI is InChI=1S/C25H29F3N6O4/c1-24(2,3)38-23(36)34-9-8-16(15-34)10-19(35)14-30-21-18(11-29)13-32-22(33-21)31-12-17-6-4-5-7-20(17)37-25(26,27)28/h4-7,13,16H,8-10,12,14-15H2,1-3H3,(H2,30,31,32,33)/t16-/m0/s1. The van der Waals surface area contributed by atoms with Gasteiger partial charge in [0.15, 0.2) is 5.78 Å². The Kier molecular flexibility index (Phi) is 8.98. The van der Waals surface area contributed by atoms with Crippen LogP contribution in [-0.2, 0) is 16.1 Å². The molecule has 13 heteroatoms. The fourth-order valence-corrected chi connectivity index (χ4v) is 3.80. The lowest BCUT2D eigenvalue weighted by Crippen LogP contribution is -2.35. The number of nitrogens with one attached hydrogen (secondary N) is 2. The molecule has 1 aliphatic rings. The van der Waals surface area contributed by atoms with Gasteiger partial charge in [-0.05, 0) is 39.2 Å². The van der Waals surface area contributed by atoms with Crippen molar-refractivity contribution in [1.82, 2.24) is 14.9 Å². The van der Waals surface area contributed by atoms with E-state index < -0.39 is 18.1 Å². The lowest BCUT2D eigenvalue weighted by Gasteiger charge is -2.24. The Bertz CT molecular complexity index is 1190. The van der Waals surface area contributed by atoms with Crippen LogP contribution >= 0.6 is 0 Å². The molecule has 3 rings (SSSR count). The summed E-state index contributed by atoms with van der Waals surface area (Å²) in [6, 6.07) is 7.57. The summed E-state index contributed by atoms with van der Waals surface area (Å²) in [4.78, 5) is 34.6. The van der Waals surface area contributed by atoms with Crippen molar-refractivity contribution in [1.29, 1.82) is 5.26 Å². The number of amides is 1. The van der Waals surface area contributed by atoms with Gasteiger partial charge in [-0.25, -0.2) is 9.78 Å². The summed E-state index contributed by atoms with van der Waals surface area (Å²) in [7, 11) is 0. The van der Waals surface area contributed by atoms with Crippen LogP contribution in [0.4, 0.5) is 29.7 Å². The summed E-state index contributed by atoms with van der Waals surface area (Å²) in [5.41, 5.74) is -0.278. The minimum atomic E-state index is -4.84. The van der Waals surface area contributed by atoms with Crippen LogP contribution < -0.4 is 15.4 Å². The van der Waals surface area contributed by atoms with Gasteiger partial charge in [0.25, 0.3) is 0 Å². The summed E-state index contributed by atoms with van der Waals surface area (Å²) < 4.78 is 47.4. The van der Waals surface area contributed by atoms with E-state index in [1.807, 2.05) is 6.07 Å². The number of ketones is 1. The van der Waals surface area contributed by atoms with E-state index in [4.69, 9.17) is 4.74 Å². The average molecular weight is 535 g/mol. The molecule has 0 spiro atoms. The molecule has 10 nitrogen and oxygen atoms in total. The van der Waals surface area contributed by atoms with Crippen LogP contribution in [0.25, 0.3) is 0 Å². The molecule has 1 saturated heterocycles. The smallest absolute Gasteiger partial charge is 0.444 e. The number of benzene rings is 1. The van der Waals surface area contributed by atoms with Gasteiger partial charge in [0.1, 0.15) is 28.8 Å². The quantitative estimate of drug-likeness (QED) is 0.478. The van der Waals surface area contributed by atoms with Crippen molar-refractivity contribution in [3.8, 4) is 11.8 Å². The van der Waals surface area contributed by atoms with Gasteiger partial charge in [-0.15, -0.1) is 13.2 Å². The number of nitriles is 1. The van der Waals surface area contributed by atoms with E-state index in [-0.39, 0.29) is 59.9 Å². The Morgan fingerprint density at radius 1 is 1.21 bits per heavy atom. The molecule has 2 heterocycles. The lowest BCUT2D eigenvalue weighted by molar-refractivity contribution is -0.274. The van der Waals surface area contributed by atoms with Crippen LogP contribution in [0.5, 0.6) is 5.75 Å². The number of carbonyl (C=O) groups excluding carboxylic acids is 2. The molecule has 0 unspecified atom stereocenters. The highest BCUT2D eigenvalue weighted by molar-refractivity contribution is 5.83. The first kappa shape index (κ1) is 28.5. The van der Waals surface area contributed by atoms with Crippen molar-refractivity contribution in [2.24, 2.45) is 5.92 Å². The topological polar surface area (TPSA) is 129 Å². The van der Waals surface area contributed by atoms with Crippen LogP contribution in [0.1, 0.15) is 44.7 Å². The molecule has 0 aliphatic carbocycles. The van der Waals surface area contributed by atoms with Gasteiger partial charge in [0.2, 0.25) is 5.95 Å². The first-order valence-corrected chi connectivity index (χ1v) is 11.9. The number of para-hydroxylation sites is 1. The van der Waals surface area contributed by atoms with Crippen molar-refractivity contribution < 1.29 is 32.2 Å². The molecule has 1 fully saturated rings. The molecular formula is C25H29F3N6O4. The van der Waals surface area contributed by atoms with Gasteiger partial charge in [0, 0.05) is 31.6 Å². The maximum Gasteiger partial charge on any atom is 0.573 e. The van der Waals surface area contributed by atoms with Crippen molar-refractivity contribution in [2.75, 3.05) is 30.3 Å². The molecule has 1 aliphatic heterocycles. The third-order valence-corrected chi connectivity index (χ3v) is 5.45. The third kappa shape index (κ3) is 8.79. The van der Waals surface area contributed by atoms with Crippen LogP contribution in [0.15, 0.2) is 30.5 Å². The molecule has 2 N–H and O–H groups in total. The van der Waals surface area contributed by atoms with Crippen molar-refractivity contribution in [3.05, 3.63) is 41.6 Å². The Hall–Kier alpha value is -4.08. The van der Waals surface area contributed by atoms with E-state index in [2.05, 4.69) is 25.3 Å². The summed E-state index contributed by atoms with van der Waals surface area (Å²) in [5, 5.41) is 15.0. The number of likely N-dealkylation sites (tertiary alicyclic amines) is 1. The third-order valence-electron chi connectivity index (χ3n) is 5.45. The Morgan fingerprint density at radius 2 is 1.95 bits per heavy atom. The fraction of sp³-hybridized carbons (Fsp3) is 0.480. The number of Topliss-reactive ketones (excluding diaryl/α,β-unsaturated/α-hetero) is 1. The van der Waals surface area contributed by atoms with Gasteiger partial charge < -0.3 is 25.0 Å². The number of nitrogens with zero attached hydrogens (tertiary/aromatic N) is 4. The summed E-state index contributed by atoms with van der Waals surface area (Å²) >= 11 is 0. The van der Waals surface area contributed by atoms with E-state index in [1.54, 1.807) is 31.7 Å². The van der Waals surface area contributed by atoms with Gasteiger partial charge in [-0.1, -0.05) is 18.2 Å². The number of aromatic nitrogens is 2. The SMILES string of the molecule is CC(C)(C)OC(=O)N1CC[C@@H](CC(=O)CNc2nc(NCc3ccccc3OC(F)(F)F)ncc2C#N)C1. The van der Waals surface area contributed by atoms with Gasteiger partial charge >= 0.3 is 12.5 Å². The van der Waals surface area contributed by atoms with Crippen LogP contribution in [-0.4, -0.2) is 58.3 Å². The molecular weight excluding hydrogens is 505 g/mol.